The molecule has 0 radical (unpaired) electrons. The zero-order valence-electron chi connectivity index (χ0n) is 15.7. The standard InChI is InChI=1S/C19H26N2O6/c1-3-25-16-11-14(19(24)27-13(2)18(20)23)7-8-15(16)26-12-17(22)21-9-5-4-6-10-21/h7-8,11,13H,3-6,9-10,12H2,1-2H3,(H2,20,23). The van der Waals surface area contributed by atoms with Crippen LogP contribution in [-0.2, 0) is 14.3 Å². The molecule has 0 aromatic heterocycles. The average Bonchev–Trinajstić information content (AvgIpc) is 2.67. The first-order valence-corrected chi connectivity index (χ1v) is 9.10. The van der Waals surface area contributed by atoms with Crippen LogP contribution >= 0.6 is 0 Å². The van der Waals surface area contributed by atoms with Crippen LogP contribution in [0.1, 0.15) is 43.5 Å². The number of nitrogens with two attached hydrogens (primary N) is 1. The van der Waals surface area contributed by atoms with Crippen molar-refractivity contribution in [3.63, 3.8) is 0 Å². The minimum Gasteiger partial charge on any atom is -0.490 e. The maximum Gasteiger partial charge on any atom is 0.339 e. The van der Waals surface area contributed by atoms with Gasteiger partial charge in [-0.2, -0.15) is 0 Å². The van der Waals surface area contributed by atoms with E-state index in [0.29, 0.717) is 18.1 Å². The van der Waals surface area contributed by atoms with Gasteiger partial charge in [0, 0.05) is 13.1 Å². The summed E-state index contributed by atoms with van der Waals surface area (Å²) in [6.45, 7) is 4.96. The van der Waals surface area contributed by atoms with Crippen molar-refractivity contribution < 1.29 is 28.6 Å². The number of hydrogen-bond acceptors (Lipinski definition) is 6. The van der Waals surface area contributed by atoms with Crippen LogP contribution in [0.3, 0.4) is 0 Å². The molecule has 1 aromatic rings. The number of rotatable bonds is 8. The minimum absolute atomic E-state index is 0.0732. The number of amides is 2. The molecule has 0 bridgehead atoms. The summed E-state index contributed by atoms with van der Waals surface area (Å²) in [5.41, 5.74) is 5.29. The highest BCUT2D eigenvalue weighted by molar-refractivity contribution is 5.92. The van der Waals surface area contributed by atoms with E-state index in [1.165, 1.54) is 19.1 Å². The zero-order chi connectivity index (χ0) is 19.8. The van der Waals surface area contributed by atoms with Crippen LogP contribution in [0.5, 0.6) is 11.5 Å². The number of benzene rings is 1. The number of hydrogen-bond donors (Lipinski definition) is 1. The van der Waals surface area contributed by atoms with E-state index in [1.54, 1.807) is 17.9 Å². The van der Waals surface area contributed by atoms with Crippen molar-refractivity contribution >= 4 is 17.8 Å². The second-order valence-electron chi connectivity index (χ2n) is 6.27. The zero-order valence-corrected chi connectivity index (χ0v) is 15.7. The van der Waals surface area contributed by atoms with E-state index in [-0.39, 0.29) is 18.1 Å². The molecule has 8 nitrogen and oxygen atoms in total. The number of likely N-dealkylation sites (tertiary alicyclic amines) is 1. The summed E-state index contributed by atoms with van der Waals surface area (Å²) < 4.78 is 16.1. The first-order chi connectivity index (χ1) is 12.9. The van der Waals surface area contributed by atoms with E-state index in [9.17, 15) is 14.4 Å². The van der Waals surface area contributed by atoms with Gasteiger partial charge in [0.25, 0.3) is 11.8 Å². The maximum atomic E-state index is 12.2. The van der Waals surface area contributed by atoms with Crippen LogP contribution in [0, 0.1) is 0 Å². The van der Waals surface area contributed by atoms with Crippen LogP contribution in [0.2, 0.25) is 0 Å². The Morgan fingerprint density at radius 1 is 1.11 bits per heavy atom. The van der Waals surface area contributed by atoms with Crippen LogP contribution in [0.15, 0.2) is 18.2 Å². The highest BCUT2D eigenvalue weighted by Gasteiger charge is 2.20. The molecule has 0 aliphatic carbocycles. The number of primary amides is 1. The normalized spacial score (nSPS) is 15.0. The Morgan fingerprint density at radius 2 is 1.81 bits per heavy atom. The highest BCUT2D eigenvalue weighted by atomic mass is 16.5. The van der Waals surface area contributed by atoms with Gasteiger partial charge in [0.15, 0.2) is 24.2 Å². The Balaban J connectivity index is 2.04. The Bertz CT molecular complexity index is 685. The van der Waals surface area contributed by atoms with Crippen LogP contribution in [0.25, 0.3) is 0 Å². The second kappa shape index (κ2) is 9.80. The molecule has 0 saturated carbocycles. The fourth-order valence-electron chi connectivity index (χ4n) is 2.68. The Morgan fingerprint density at radius 3 is 2.44 bits per heavy atom. The van der Waals surface area contributed by atoms with Gasteiger partial charge in [-0.3, -0.25) is 9.59 Å². The van der Waals surface area contributed by atoms with Gasteiger partial charge in [0.1, 0.15) is 0 Å². The third kappa shape index (κ3) is 5.87. The maximum absolute atomic E-state index is 12.2. The summed E-state index contributed by atoms with van der Waals surface area (Å²) in [4.78, 5) is 37.2. The van der Waals surface area contributed by atoms with Crippen molar-refractivity contribution in [2.75, 3.05) is 26.3 Å². The van der Waals surface area contributed by atoms with Gasteiger partial charge < -0.3 is 24.8 Å². The molecule has 8 heteroatoms. The number of ether oxygens (including phenoxy) is 3. The molecule has 1 fully saturated rings. The van der Waals surface area contributed by atoms with Crippen LogP contribution in [0.4, 0.5) is 0 Å². The summed E-state index contributed by atoms with van der Waals surface area (Å²) in [6, 6.07) is 4.49. The lowest BCUT2D eigenvalue weighted by Gasteiger charge is -2.26. The monoisotopic (exact) mass is 378 g/mol. The van der Waals surface area contributed by atoms with Crippen molar-refractivity contribution in [2.45, 2.75) is 39.2 Å². The van der Waals surface area contributed by atoms with Gasteiger partial charge in [-0.1, -0.05) is 0 Å². The van der Waals surface area contributed by atoms with Crippen molar-refractivity contribution in [3.05, 3.63) is 23.8 Å². The van der Waals surface area contributed by atoms with E-state index in [2.05, 4.69) is 0 Å². The molecule has 1 saturated heterocycles. The Labute approximate surface area is 158 Å². The molecule has 2 N–H and O–H groups in total. The second-order valence-corrected chi connectivity index (χ2v) is 6.27. The Kier molecular flexibility index (Phi) is 7.45. The van der Waals surface area contributed by atoms with Gasteiger partial charge in [-0.05, 0) is 51.3 Å². The SMILES string of the molecule is CCOc1cc(C(=O)OC(C)C(N)=O)ccc1OCC(=O)N1CCCCC1. The first-order valence-electron chi connectivity index (χ1n) is 9.10. The molecule has 1 aromatic carbocycles. The predicted molar refractivity (Wildman–Crippen MR) is 97.6 cm³/mol. The van der Waals surface area contributed by atoms with E-state index in [0.717, 1.165) is 32.4 Å². The molecular formula is C19H26N2O6. The number of piperidine rings is 1. The molecular weight excluding hydrogens is 352 g/mol. The van der Waals surface area contributed by atoms with Crippen molar-refractivity contribution in [1.29, 1.82) is 0 Å². The number of nitrogens with zero attached hydrogens (tertiary/aromatic N) is 1. The summed E-state index contributed by atoms with van der Waals surface area (Å²) in [5.74, 6) is -0.814. The first kappa shape index (κ1) is 20.5. The fraction of sp³-hybridized carbons (Fsp3) is 0.526. The van der Waals surface area contributed by atoms with Crippen LogP contribution < -0.4 is 15.2 Å². The Hall–Kier alpha value is -2.77. The largest absolute Gasteiger partial charge is 0.490 e. The van der Waals surface area contributed by atoms with Gasteiger partial charge >= 0.3 is 5.97 Å². The molecule has 1 aliphatic heterocycles. The summed E-state index contributed by atoms with van der Waals surface area (Å²) in [6.07, 6.45) is 2.13. The van der Waals surface area contributed by atoms with Gasteiger partial charge in [-0.25, -0.2) is 4.79 Å². The van der Waals surface area contributed by atoms with E-state index in [1.807, 2.05) is 0 Å². The third-order valence-electron chi connectivity index (χ3n) is 4.22. The summed E-state index contributed by atoms with van der Waals surface area (Å²) >= 11 is 0. The van der Waals surface area contributed by atoms with Gasteiger partial charge in [0.05, 0.1) is 12.2 Å². The number of carbonyl (C=O) groups excluding carboxylic acids is 3. The number of carbonyl (C=O) groups is 3. The van der Waals surface area contributed by atoms with Crippen molar-refractivity contribution in [3.8, 4) is 11.5 Å². The molecule has 148 valence electrons. The van der Waals surface area contributed by atoms with Crippen molar-refractivity contribution in [1.82, 2.24) is 4.90 Å². The fourth-order valence-corrected chi connectivity index (χ4v) is 2.68. The molecule has 27 heavy (non-hydrogen) atoms. The number of esters is 1. The molecule has 1 heterocycles. The quantitative estimate of drug-likeness (QED) is 0.687. The minimum atomic E-state index is -1.04. The molecule has 2 rings (SSSR count). The third-order valence-corrected chi connectivity index (χ3v) is 4.22. The van der Waals surface area contributed by atoms with E-state index < -0.39 is 18.0 Å². The van der Waals surface area contributed by atoms with E-state index in [4.69, 9.17) is 19.9 Å². The average molecular weight is 378 g/mol. The molecule has 1 atom stereocenters. The molecule has 2 amide bonds. The molecule has 1 aliphatic rings. The lowest BCUT2D eigenvalue weighted by atomic mass is 10.1. The molecule has 0 spiro atoms. The topological polar surface area (TPSA) is 108 Å². The smallest absolute Gasteiger partial charge is 0.339 e. The predicted octanol–water partition coefficient (Wildman–Crippen LogP) is 1.51. The molecule has 1 unspecified atom stereocenters. The van der Waals surface area contributed by atoms with Crippen molar-refractivity contribution in [2.24, 2.45) is 5.73 Å². The van der Waals surface area contributed by atoms with Crippen LogP contribution in [-0.4, -0.2) is 55.1 Å². The summed E-state index contributed by atoms with van der Waals surface area (Å²) in [5, 5.41) is 0. The van der Waals surface area contributed by atoms with Gasteiger partial charge in [0.2, 0.25) is 0 Å². The summed E-state index contributed by atoms with van der Waals surface area (Å²) in [7, 11) is 0. The lowest BCUT2D eigenvalue weighted by Crippen LogP contribution is -2.38. The van der Waals surface area contributed by atoms with E-state index >= 15 is 0 Å². The highest BCUT2D eigenvalue weighted by Crippen LogP contribution is 2.29. The van der Waals surface area contributed by atoms with Gasteiger partial charge in [-0.15, -0.1) is 0 Å². The lowest BCUT2D eigenvalue weighted by molar-refractivity contribution is -0.134.